The number of aromatic amines is 1. The Bertz CT molecular complexity index is 1180. The highest BCUT2D eigenvalue weighted by molar-refractivity contribution is 7.98. The second-order valence-electron chi connectivity index (χ2n) is 6.26. The van der Waals surface area contributed by atoms with Crippen LogP contribution in [0.4, 0.5) is 11.5 Å². The number of anilines is 2. The van der Waals surface area contributed by atoms with Gasteiger partial charge in [-0.3, -0.25) is 14.7 Å². The fraction of sp³-hybridized carbons (Fsp3) is 0.100. The number of benzene rings is 1. The Hall–Kier alpha value is -3.17. The Morgan fingerprint density at radius 3 is 2.93 bits per heavy atom. The molecular weight excluding hydrogens is 406 g/mol. The number of aromatic nitrogens is 3. The molecule has 2 amide bonds. The zero-order valence-electron chi connectivity index (χ0n) is 15.4. The minimum absolute atomic E-state index is 0.143. The summed E-state index contributed by atoms with van der Waals surface area (Å²) in [6.45, 7) is 1.45. The fourth-order valence-corrected chi connectivity index (χ4v) is 4.73. The van der Waals surface area contributed by atoms with Gasteiger partial charge < -0.3 is 10.6 Å². The van der Waals surface area contributed by atoms with Gasteiger partial charge in [-0.2, -0.15) is 5.10 Å². The monoisotopic (exact) mass is 423 g/mol. The minimum atomic E-state index is -0.160. The summed E-state index contributed by atoms with van der Waals surface area (Å²) in [6, 6.07) is 11.3. The number of pyridine rings is 1. The third-order valence-corrected chi connectivity index (χ3v) is 6.23. The largest absolute Gasteiger partial charge is 0.321 e. The Balaban J connectivity index is 1.44. The molecule has 1 aromatic carbocycles. The smallest absolute Gasteiger partial charge is 0.266 e. The van der Waals surface area contributed by atoms with Crippen molar-refractivity contribution in [1.82, 2.24) is 15.2 Å². The third-order valence-electron chi connectivity index (χ3n) is 4.06. The molecule has 0 aliphatic heterocycles. The summed E-state index contributed by atoms with van der Waals surface area (Å²) < 4.78 is 0. The molecule has 4 rings (SSSR count). The fourth-order valence-electron chi connectivity index (χ4n) is 2.75. The number of nitrogens with one attached hydrogen (secondary N) is 3. The zero-order chi connectivity index (χ0) is 20.2. The molecule has 0 unspecified atom stereocenters. The van der Waals surface area contributed by atoms with Crippen molar-refractivity contribution in [2.75, 3.05) is 10.6 Å². The van der Waals surface area contributed by atoms with Gasteiger partial charge >= 0.3 is 0 Å². The van der Waals surface area contributed by atoms with E-state index in [1.165, 1.54) is 18.3 Å². The molecule has 3 N–H and O–H groups in total. The summed E-state index contributed by atoms with van der Waals surface area (Å²) >= 11 is 2.98. The lowest BCUT2D eigenvalue weighted by atomic mass is 10.2. The number of thiophene rings is 1. The summed E-state index contributed by atoms with van der Waals surface area (Å²) in [5, 5.41) is 15.4. The Morgan fingerprint density at radius 2 is 2.07 bits per heavy atom. The molecule has 4 aromatic rings. The molecule has 0 aliphatic rings. The first-order valence-corrected chi connectivity index (χ1v) is 10.6. The molecule has 0 saturated carbocycles. The summed E-state index contributed by atoms with van der Waals surface area (Å²) in [5.74, 6) is 0.877. The van der Waals surface area contributed by atoms with E-state index in [2.05, 4.69) is 25.8 Å². The average Bonchev–Trinajstić information content (AvgIpc) is 3.35. The standard InChI is InChI=1S/C20H17N5O2S2/c1-12(26)23-18-8-13(4-6-21-18)11-29-17-5-7-28-19(17)20(27)24-15-3-2-14-10-22-25-16(14)9-15/h2-10H,11H2,1H3,(H,22,25)(H,24,27)(H,21,23,26). The van der Waals surface area contributed by atoms with Gasteiger partial charge in [-0.1, -0.05) is 0 Å². The van der Waals surface area contributed by atoms with E-state index in [0.29, 0.717) is 22.1 Å². The molecule has 3 aromatic heterocycles. The van der Waals surface area contributed by atoms with E-state index >= 15 is 0 Å². The quantitative estimate of drug-likeness (QED) is 0.396. The molecule has 0 fully saturated rings. The highest BCUT2D eigenvalue weighted by Crippen LogP contribution is 2.31. The van der Waals surface area contributed by atoms with E-state index in [-0.39, 0.29) is 11.8 Å². The van der Waals surface area contributed by atoms with Crippen LogP contribution < -0.4 is 10.6 Å². The topological polar surface area (TPSA) is 99.8 Å². The molecule has 0 atom stereocenters. The van der Waals surface area contributed by atoms with Gasteiger partial charge in [0, 0.05) is 34.8 Å². The summed E-state index contributed by atoms with van der Waals surface area (Å²) in [7, 11) is 0. The molecule has 0 saturated heterocycles. The normalized spacial score (nSPS) is 10.8. The van der Waals surface area contributed by atoms with Gasteiger partial charge in [-0.15, -0.1) is 23.1 Å². The van der Waals surface area contributed by atoms with Crippen LogP contribution >= 0.6 is 23.1 Å². The first kappa shape index (κ1) is 19.2. The predicted octanol–water partition coefficient (Wildman–Crippen LogP) is 4.52. The number of rotatable bonds is 6. The highest BCUT2D eigenvalue weighted by Gasteiger charge is 2.15. The number of carbonyl (C=O) groups excluding carboxylic acids is 2. The number of nitrogens with zero attached hydrogens (tertiary/aromatic N) is 2. The molecule has 0 aliphatic carbocycles. The van der Waals surface area contributed by atoms with Crippen molar-refractivity contribution < 1.29 is 9.59 Å². The van der Waals surface area contributed by atoms with Crippen molar-refractivity contribution in [3.05, 3.63) is 64.6 Å². The van der Waals surface area contributed by atoms with Gasteiger partial charge in [0.2, 0.25) is 5.91 Å². The maximum Gasteiger partial charge on any atom is 0.266 e. The third kappa shape index (κ3) is 4.64. The zero-order valence-corrected chi connectivity index (χ0v) is 17.1. The summed E-state index contributed by atoms with van der Waals surface area (Å²) in [6.07, 6.45) is 3.40. The lowest BCUT2D eigenvalue weighted by Gasteiger charge is -2.07. The summed E-state index contributed by atoms with van der Waals surface area (Å²) in [5.41, 5.74) is 2.59. The van der Waals surface area contributed by atoms with Crippen LogP contribution in [-0.4, -0.2) is 27.0 Å². The van der Waals surface area contributed by atoms with Crippen LogP contribution in [0.5, 0.6) is 0 Å². The van der Waals surface area contributed by atoms with E-state index in [1.807, 2.05) is 41.8 Å². The second-order valence-corrected chi connectivity index (χ2v) is 8.19. The number of hydrogen-bond acceptors (Lipinski definition) is 6. The lowest BCUT2D eigenvalue weighted by molar-refractivity contribution is -0.114. The van der Waals surface area contributed by atoms with Gasteiger partial charge in [-0.05, 0) is 47.3 Å². The summed E-state index contributed by atoms with van der Waals surface area (Å²) in [4.78, 5) is 29.6. The number of carbonyl (C=O) groups is 2. The van der Waals surface area contributed by atoms with E-state index < -0.39 is 0 Å². The molecule has 3 heterocycles. The Kier molecular flexibility index (Phi) is 5.59. The van der Waals surface area contributed by atoms with Crippen LogP contribution in [0, 0.1) is 0 Å². The predicted molar refractivity (Wildman–Crippen MR) is 116 cm³/mol. The van der Waals surface area contributed by atoms with Crippen LogP contribution in [0.1, 0.15) is 22.2 Å². The van der Waals surface area contributed by atoms with Crippen LogP contribution in [0.2, 0.25) is 0 Å². The van der Waals surface area contributed by atoms with Crippen molar-refractivity contribution in [2.45, 2.75) is 17.6 Å². The molecule has 29 heavy (non-hydrogen) atoms. The molecule has 9 heteroatoms. The molecule has 0 spiro atoms. The number of H-pyrrole nitrogens is 1. The van der Waals surface area contributed by atoms with Crippen LogP contribution in [0.25, 0.3) is 10.9 Å². The van der Waals surface area contributed by atoms with E-state index in [9.17, 15) is 9.59 Å². The minimum Gasteiger partial charge on any atom is -0.321 e. The lowest BCUT2D eigenvalue weighted by Crippen LogP contribution is -2.11. The van der Waals surface area contributed by atoms with Gasteiger partial charge in [0.1, 0.15) is 10.7 Å². The van der Waals surface area contributed by atoms with Crippen molar-refractivity contribution in [2.24, 2.45) is 0 Å². The van der Waals surface area contributed by atoms with Crippen molar-refractivity contribution in [3.63, 3.8) is 0 Å². The molecule has 0 bridgehead atoms. The maximum atomic E-state index is 12.8. The van der Waals surface area contributed by atoms with E-state index in [4.69, 9.17) is 0 Å². The first-order valence-electron chi connectivity index (χ1n) is 8.76. The van der Waals surface area contributed by atoms with Crippen LogP contribution in [0.15, 0.2) is 59.1 Å². The van der Waals surface area contributed by atoms with E-state index in [0.717, 1.165) is 21.4 Å². The van der Waals surface area contributed by atoms with E-state index in [1.54, 1.807) is 24.2 Å². The van der Waals surface area contributed by atoms with Crippen LogP contribution in [0.3, 0.4) is 0 Å². The highest BCUT2D eigenvalue weighted by atomic mass is 32.2. The Labute approximate surface area is 174 Å². The van der Waals surface area contributed by atoms with Gasteiger partial charge in [0.25, 0.3) is 5.91 Å². The van der Waals surface area contributed by atoms with Crippen molar-refractivity contribution >= 4 is 57.3 Å². The number of hydrogen-bond donors (Lipinski definition) is 3. The molecule has 0 radical (unpaired) electrons. The average molecular weight is 424 g/mol. The van der Waals surface area contributed by atoms with Crippen molar-refractivity contribution in [1.29, 1.82) is 0 Å². The number of amides is 2. The SMILES string of the molecule is CC(=O)Nc1cc(CSc2ccsc2C(=O)Nc2ccc3cn[nH]c3c2)ccn1. The second kappa shape index (κ2) is 8.46. The van der Waals surface area contributed by atoms with Gasteiger partial charge in [0.05, 0.1) is 11.7 Å². The number of thioether (sulfide) groups is 1. The molecular formula is C20H17N5O2S2. The van der Waals surface area contributed by atoms with Gasteiger partial charge in [-0.25, -0.2) is 4.98 Å². The number of fused-ring (bicyclic) bond motifs is 1. The molecule has 7 nitrogen and oxygen atoms in total. The molecule has 146 valence electrons. The van der Waals surface area contributed by atoms with Crippen LogP contribution in [-0.2, 0) is 10.5 Å². The van der Waals surface area contributed by atoms with Crippen molar-refractivity contribution in [3.8, 4) is 0 Å². The Morgan fingerprint density at radius 1 is 1.17 bits per heavy atom. The van der Waals surface area contributed by atoms with Gasteiger partial charge in [0.15, 0.2) is 0 Å². The first-order chi connectivity index (χ1) is 14.1. The maximum absolute atomic E-state index is 12.8.